The molecule has 3 nitrogen and oxygen atoms in total. The van der Waals surface area contributed by atoms with Crippen LogP contribution < -0.4 is 0 Å². The van der Waals surface area contributed by atoms with Crippen molar-refractivity contribution in [3.8, 4) is 0 Å². The van der Waals surface area contributed by atoms with Gasteiger partial charge in [0, 0.05) is 31.5 Å². The van der Waals surface area contributed by atoms with E-state index in [1.165, 1.54) is 17.7 Å². The topological polar surface area (TPSA) is 29.5 Å². The maximum absolute atomic E-state index is 12.1. The van der Waals surface area contributed by atoms with Crippen LogP contribution in [0.3, 0.4) is 0 Å². The van der Waals surface area contributed by atoms with Crippen LogP contribution in [0, 0.1) is 0 Å². The Morgan fingerprint density at radius 3 is 3.05 bits per heavy atom. The van der Waals surface area contributed by atoms with Crippen LogP contribution in [-0.4, -0.2) is 37.1 Å². The summed E-state index contributed by atoms with van der Waals surface area (Å²) >= 11 is 1.80. The summed E-state index contributed by atoms with van der Waals surface area (Å²) in [6.45, 7) is 1.72. The lowest BCUT2D eigenvalue weighted by molar-refractivity contribution is -0.130. The molecule has 4 heteroatoms. The van der Waals surface area contributed by atoms with Crippen molar-refractivity contribution in [2.24, 2.45) is 0 Å². The average molecular weight is 309 g/mol. The van der Waals surface area contributed by atoms with E-state index in [1.807, 2.05) is 11.9 Å². The maximum atomic E-state index is 12.1. The van der Waals surface area contributed by atoms with Gasteiger partial charge in [-0.25, -0.2) is 0 Å². The van der Waals surface area contributed by atoms with Gasteiger partial charge in [0.1, 0.15) is 0 Å². The number of unbranched alkanes of at least 4 members (excludes halogenated alkanes) is 1. The van der Waals surface area contributed by atoms with E-state index in [9.17, 15) is 4.79 Å². The van der Waals surface area contributed by atoms with Crippen molar-refractivity contribution in [2.75, 3.05) is 20.2 Å². The van der Waals surface area contributed by atoms with E-state index >= 15 is 0 Å². The number of thiophene rings is 1. The van der Waals surface area contributed by atoms with Gasteiger partial charge in [-0.1, -0.05) is 6.07 Å². The first-order valence-corrected chi connectivity index (χ1v) is 9.01. The molecule has 1 aliphatic rings. The maximum Gasteiger partial charge on any atom is 0.222 e. The summed E-state index contributed by atoms with van der Waals surface area (Å²) in [6, 6.07) is 4.26. The van der Waals surface area contributed by atoms with Crippen LogP contribution in [0.1, 0.15) is 49.8 Å². The van der Waals surface area contributed by atoms with Crippen LogP contribution in [-0.2, 0) is 16.0 Å². The molecule has 0 spiro atoms. The van der Waals surface area contributed by atoms with Gasteiger partial charge in [0.2, 0.25) is 5.91 Å². The highest BCUT2D eigenvalue weighted by Crippen LogP contribution is 2.16. The molecule has 1 saturated heterocycles. The van der Waals surface area contributed by atoms with Crippen molar-refractivity contribution in [1.82, 2.24) is 4.90 Å². The van der Waals surface area contributed by atoms with Crippen LogP contribution in [0.5, 0.6) is 0 Å². The number of rotatable bonds is 8. The Bertz CT molecular complexity index is 399. The van der Waals surface area contributed by atoms with Gasteiger partial charge in [-0.3, -0.25) is 4.79 Å². The number of ether oxygens (including phenoxy) is 1. The molecule has 1 amide bonds. The van der Waals surface area contributed by atoms with Crippen LogP contribution in [0.15, 0.2) is 17.5 Å². The fraction of sp³-hybridized carbons (Fsp3) is 0.706. The predicted molar refractivity (Wildman–Crippen MR) is 87.7 cm³/mol. The predicted octanol–water partition coefficient (Wildman–Crippen LogP) is 3.88. The third-order valence-electron chi connectivity index (χ3n) is 4.13. The van der Waals surface area contributed by atoms with Crippen molar-refractivity contribution >= 4 is 17.2 Å². The minimum atomic E-state index is 0.275. The molecule has 0 radical (unpaired) electrons. The van der Waals surface area contributed by atoms with Crippen LogP contribution in [0.4, 0.5) is 0 Å². The van der Waals surface area contributed by atoms with Gasteiger partial charge >= 0.3 is 0 Å². The van der Waals surface area contributed by atoms with Crippen molar-refractivity contribution in [2.45, 2.75) is 57.5 Å². The second-order valence-corrected chi connectivity index (χ2v) is 6.91. The van der Waals surface area contributed by atoms with Gasteiger partial charge in [-0.05, 0) is 56.4 Å². The van der Waals surface area contributed by atoms with E-state index in [2.05, 4.69) is 17.5 Å². The minimum Gasteiger partial charge on any atom is -0.378 e. The standard InChI is InChI=1S/C17H27NO2S/c1-18(12-11-15-7-4-5-13-20-15)17(19)10-3-2-8-16-9-6-14-21-16/h6,9,14-15H,2-5,7-8,10-13H2,1H3. The number of carbonyl (C=O) groups is 1. The van der Waals surface area contributed by atoms with E-state index in [0.717, 1.165) is 45.3 Å². The third kappa shape index (κ3) is 6.18. The molecule has 21 heavy (non-hydrogen) atoms. The SMILES string of the molecule is CN(CCC1CCCCO1)C(=O)CCCCc1cccs1. The van der Waals surface area contributed by atoms with Gasteiger partial charge in [0.05, 0.1) is 6.10 Å². The lowest BCUT2D eigenvalue weighted by atomic mass is 10.1. The summed E-state index contributed by atoms with van der Waals surface area (Å²) in [6.07, 6.45) is 8.83. The zero-order chi connectivity index (χ0) is 14.9. The number of nitrogens with zero attached hydrogens (tertiary/aromatic N) is 1. The summed E-state index contributed by atoms with van der Waals surface area (Å²) in [4.78, 5) is 15.4. The highest BCUT2D eigenvalue weighted by Gasteiger charge is 2.16. The Morgan fingerprint density at radius 2 is 2.33 bits per heavy atom. The molecule has 118 valence electrons. The van der Waals surface area contributed by atoms with Gasteiger partial charge in [-0.15, -0.1) is 11.3 Å². The average Bonchev–Trinajstić information content (AvgIpc) is 3.03. The van der Waals surface area contributed by atoms with Crippen LogP contribution in [0.2, 0.25) is 0 Å². The molecule has 1 unspecified atom stereocenters. The molecule has 0 saturated carbocycles. The molecule has 2 rings (SSSR count). The Hall–Kier alpha value is -0.870. The molecule has 2 heterocycles. The molecule has 0 bridgehead atoms. The normalized spacial score (nSPS) is 18.6. The summed E-state index contributed by atoms with van der Waals surface area (Å²) < 4.78 is 5.71. The van der Waals surface area contributed by atoms with Gasteiger partial charge in [0.15, 0.2) is 0 Å². The smallest absolute Gasteiger partial charge is 0.222 e. The monoisotopic (exact) mass is 309 g/mol. The quantitative estimate of drug-likeness (QED) is 0.682. The molecule has 1 aromatic rings. The first-order chi connectivity index (χ1) is 10.3. The molecule has 0 N–H and O–H groups in total. The third-order valence-corrected chi connectivity index (χ3v) is 5.07. The van der Waals surface area contributed by atoms with Gasteiger partial charge in [-0.2, -0.15) is 0 Å². The fourth-order valence-electron chi connectivity index (χ4n) is 2.72. The molecule has 1 aromatic heterocycles. The highest BCUT2D eigenvalue weighted by atomic mass is 32.1. The molecule has 1 aliphatic heterocycles. The first-order valence-electron chi connectivity index (χ1n) is 8.13. The molecule has 1 atom stereocenters. The second-order valence-electron chi connectivity index (χ2n) is 5.88. The Morgan fingerprint density at radius 1 is 1.43 bits per heavy atom. The number of hydrogen-bond acceptors (Lipinski definition) is 3. The van der Waals surface area contributed by atoms with E-state index < -0.39 is 0 Å². The summed E-state index contributed by atoms with van der Waals surface area (Å²) in [5.41, 5.74) is 0. The lowest BCUT2D eigenvalue weighted by Crippen LogP contribution is -2.31. The first kappa shape index (κ1) is 16.5. The van der Waals surface area contributed by atoms with Crippen molar-refractivity contribution in [1.29, 1.82) is 0 Å². The molecular weight excluding hydrogens is 282 g/mol. The van der Waals surface area contributed by atoms with Gasteiger partial charge in [0.25, 0.3) is 0 Å². The van der Waals surface area contributed by atoms with Crippen LogP contribution >= 0.6 is 11.3 Å². The summed E-state index contributed by atoms with van der Waals surface area (Å²) in [5, 5.41) is 2.11. The van der Waals surface area contributed by atoms with E-state index in [1.54, 1.807) is 11.3 Å². The largest absolute Gasteiger partial charge is 0.378 e. The van der Waals surface area contributed by atoms with E-state index in [0.29, 0.717) is 12.5 Å². The van der Waals surface area contributed by atoms with Crippen molar-refractivity contribution < 1.29 is 9.53 Å². The number of amides is 1. The van der Waals surface area contributed by atoms with E-state index in [4.69, 9.17) is 4.74 Å². The Labute approximate surface area is 132 Å². The zero-order valence-electron chi connectivity index (χ0n) is 13.1. The number of hydrogen-bond donors (Lipinski definition) is 0. The molecular formula is C17H27NO2S. The van der Waals surface area contributed by atoms with Crippen molar-refractivity contribution in [3.05, 3.63) is 22.4 Å². The fourth-order valence-corrected chi connectivity index (χ4v) is 3.47. The zero-order valence-corrected chi connectivity index (χ0v) is 13.9. The molecule has 0 aliphatic carbocycles. The summed E-state index contributed by atoms with van der Waals surface area (Å²) in [7, 11) is 1.92. The number of carbonyl (C=O) groups excluding carboxylic acids is 1. The lowest BCUT2D eigenvalue weighted by Gasteiger charge is -2.25. The Balaban J connectivity index is 1.54. The second kappa shape index (κ2) is 9.21. The van der Waals surface area contributed by atoms with E-state index in [-0.39, 0.29) is 5.91 Å². The van der Waals surface area contributed by atoms with Crippen LogP contribution in [0.25, 0.3) is 0 Å². The highest BCUT2D eigenvalue weighted by molar-refractivity contribution is 7.09. The van der Waals surface area contributed by atoms with Gasteiger partial charge < -0.3 is 9.64 Å². The summed E-state index contributed by atoms with van der Waals surface area (Å²) in [5.74, 6) is 0.275. The minimum absolute atomic E-state index is 0.275. The Kier molecular flexibility index (Phi) is 7.24. The molecule has 0 aromatic carbocycles. The van der Waals surface area contributed by atoms with Crippen molar-refractivity contribution in [3.63, 3.8) is 0 Å². The molecule has 1 fully saturated rings. The number of aryl methyl sites for hydroxylation is 1.